The third-order valence-corrected chi connectivity index (χ3v) is 3.49. The van der Waals surface area contributed by atoms with Crippen LogP contribution in [-0.4, -0.2) is 23.1 Å². The topological polar surface area (TPSA) is 47.0 Å². The van der Waals surface area contributed by atoms with Gasteiger partial charge in [-0.3, -0.25) is 0 Å². The fourth-order valence-corrected chi connectivity index (χ4v) is 2.42. The molecule has 1 aliphatic rings. The first kappa shape index (κ1) is 13.1. The molecule has 0 saturated heterocycles. The third-order valence-electron chi connectivity index (χ3n) is 3.49. The number of para-hydroxylation sites is 1. The molecule has 1 aromatic carbocycles. The van der Waals surface area contributed by atoms with Crippen LogP contribution < -0.4 is 10.1 Å². The largest absolute Gasteiger partial charge is 0.492 e. The highest BCUT2D eigenvalue weighted by atomic mass is 16.5. The van der Waals surface area contributed by atoms with E-state index in [1.165, 1.54) is 5.56 Å². The molecule has 1 N–H and O–H groups in total. The summed E-state index contributed by atoms with van der Waals surface area (Å²) in [5.41, 5.74) is 2.30. The summed E-state index contributed by atoms with van der Waals surface area (Å²) >= 11 is 0. The van der Waals surface area contributed by atoms with Gasteiger partial charge in [-0.05, 0) is 19.0 Å². The van der Waals surface area contributed by atoms with Gasteiger partial charge in [-0.15, -0.1) is 0 Å². The lowest BCUT2D eigenvalue weighted by molar-refractivity contribution is 0.339. The van der Waals surface area contributed by atoms with Crippen LogP contribution in [-0.2, 0) is 6.54 Å². The Morgan fingerprint density at radius 1 is 1.25 bits per heavy atom. The minimum atomic E-state index is 0.156. The first-order valence-corrected chi connectivity index (χ1v) is 7.11. The maximum Gasteiger partial charge on any atom is 0.139 e. The molecule has 20 heavy (non-hydrogen) atoms. The number of aromatic nitrogens is 2. The van der Waals surface area contributed by atoms with Crippen LogP contribution in [0.15, 0.2) is 36.7 Å². The van der Waals surface area contributed by atoms with Crippen molar-refractivity contribution in [2.45, 2.75) is 25.8 Å². The van der Waals surface area contributed by atoms with Gasteiger partial charge < -0.3 is 10.1 Å². The molecule has 1 atom stereocenters. The Morgan fingerprint density at radius 2 is 2.05 bits per heavy atom. The highest BCUT2D eigenvalue weighted by molar-refractivity contribution is 5.42. The van der Waals surface area contributed by atoms with E-state index in [2.05, 4.69) is 28.3 Å². The first-order chi connectivity index (χ1) is 9.88. The molecule has 4 heteroatoms. The van der Waals surface area contributed by atoms with Crippen molar-refractivity contribution in [3.8, 4) is 5.75 Å². The predicted molar refractivity (Wildman–Crippen MR) is 77.8 cm³/mol. The molecule has 0 fully saturated rings. The molecule has 0 aliphatic carbocycles. The lowest BCUT2D eigenvalue weighted by atomic mass is 10.0. The lowest BCUT2D eigenvalue weighted by Crippen LogP contribution is -2.15. The van der Waals surface area contributed by atoms with Crippen molar-refractivity contribution >= 4 is 0 Å². The van der Waals surface area contributed by atoms with Crippen LogP contribution in [0.5, 0.6) is 5.75 Å². The molecule has 3 rings (SSSR count). The summed E-state index contributed by atoms with van der Waals surface area (Å²) in [7, 11) is 0. The number of nitrogens with zero attached hydrogens (tertiary/aromatic N) is 2. The van der Waals surface area contributed by atoms with Crippen LogP contribution in [0.2, 0.25) is 0 Å². The number of rotatable bonds is 5. The van der Waals surface area contributed by atoms with Crippen LogP contribution >= 0.6 is 0 Å². The minimum Gasteiger partial charge on any atom is -0.492 e. The van der Waals surface area contributed by atoms with Crippen molar-refractivity contribution < 1.29 is 4.74 Å². The number of hydrogen-bond donors (Lipinski definition) is 1. The highest BCUT2D eigenvalue weighted by Gasteiger charge is 2.27. The maximum atomic E-state index is 5.68. The summed E-state index contributed by atoms with van der Waals surface area (Å²) < 4.78 is 5.68. The van der Waals surface area contributed by atoms with Crippen molar-refractivity contribution in [2.24, 2.45) is 0 Å². The van der Waals surface area contributed by atoms with Gasteiger partial charge in [-0.25, -0.2) is 9.97 Å². The standard InChI is InChI=1S/C16H19N3O/c1-2-7-17-8-12-9-18-16(19-10-12)14-11-20-15-6-4-3-5-13(14)15/h3-6,9-10,14,17H,2,7-8,11H2,1H3. The molecule has 1 unspecified atom stereocenters. The zero-order chi connectivity index (χ0) is 13.8. The third kappa shape index (κ3) is 2.65. The molecular weight excluding hydrogens is 250 g/mol. The molecule has 0 saturated carbocycles. The predicted octanol–water partition coefficient (Wildman–Crippen LogP) is 2.50. The molecule has 0 radical (unpaired) electrons. The zero-order valence-corrected chi connectivity index (χ0v) is 11.7. The van der Waals surface area contributed by atoms with Crippen molar-refractivity contribution in [2.75, 3.05) is 13.2 Å². The molecule has 0 amide bonds. The second kappa shape index (κ2) is 6.01. The normalized spacial score (nSPS) is 16.8. The van der Waals surface area contributed by atoms with Gasteiger partial charge in [0, 0.05) is 30.1 Å². The van der Waals surface area contributed by atoms with E-state index in [-0.39, 0.29) is 5.92 Å². The lowest BCUT2D eigenvalue weighted by Gasteiger charge is -2.08. The van der Waals surface area contributed by atoms with E-state index in [1.807, 2.05) is 30.6 Å². The summed E-state index contributed by atoms with van der Waals surface area (Å²) in [5.74, 6) is 1.95. The van der Waals surface area contributed by atoms with E-state index in [4.69, 9.17) is 4.74 Å². The Balaban J connectivity index is 1.73. The van der Waals surface area contributed by atoms with Crippen LogP contribution in [0.3, 0.4) is 0 Å². The second-order valence-electron chi connectivity index (χ2n) is 5.03. The molecular formula is C16H19N3O. The second-order valence-corrected chi connectivity index (χ2v) is 5.03. The van der Waals surface area contributed by atoms with Crippen LogP contribution in [0.1, 0.15) is 36.2 Å². The van der Waals surface area contributed by atoms with Gasteiger partial charge >= 0.3 is 0 Å². The Hall–Kier alpha value is -1.94. The van der Waals surface area contributed by atoms with Crippen LogP contribution in [0.4, 0.5) is 0 Å². The molecule has 0 bridgehead atoms. The Bertz CT molecular complexity index is 568. The van der Waals surface area contributed by atoms with Gasteiger partial charge in [-0.1, -0.05) is 25.1 Å². The summed E-state index contributed by atoms with van der Waals surface area (Å²) in [6, 6.07) is 8.11. The molecule has 0 spiro atoms. The van der Waals surface area contributed by atoms with Gasteiger partial charge in [0.25, 0.3) is 0 Å². The molecule has 4 nitrogen and oxygen atoms in total. The van der Waals surface area contributed by atoms with Gasteiger partial charge in [-0.2, -0.15) is 0 Å². The van der Waals surface area contributed by atoms with Crippen molar-refractivity contribution in [1.29, 1.82) is 0 Å². The Kier molecular flexibility index (Phi) is 3.92. The van der Waals surface area contributed by atoms with E-state index >= 15 is 0 Å². The quantitative estimate of drug-likeness (QED) is 0.847. The zero-order valence-electron chi connectivity index (χ0n) is 11.7. The van der Waals surface area contributed by atoms with Gasteiger partial charge in [0.1, 0.15) is 18.2 Å². The van der Waals surface area contributed by atoms with E-state index in [0.29, 0.717) is 6.61 Å². The molecule has 1 aromatic heterocycles. The van der Waals surface area contributed by atoms with Gasteiger partial charge in [0.15, 0.2) is 0 Å². The smallest absolute Gasteiger partial charge is 0.139 e. The summed E-state index contributed by atoms with van der Waals surface area (Å²) in [5, 5.41) is 3.35. The summed E-state index contributed by atoms with van der Waals surface area (Å²) in [6.45, 7) is 4.63. The number of ether oxygens (including phenoxy) is 1. The first-order valence-electron chi connectivity index (χ1n) is 7.11. The Labute approximate surface area is 119 Å². The minimum absolute atomic E-state index is 0.156. The van der Waals surface area contributed by atoms with Crippen LogP contribution in [0.25, 0.3) is 0 Å². The van der Waals surface area contributed by atoms with Crippen molar-refractivity contribution in [3.63, 3.8) is 0 Å². The van der Waals surface area contributed by atoms with E-state index in [1.54, 1.807) is 0 Å². The summed E-state index contributed by atoms with van der Waals surface area (Å²) in [4.78, 5) is 9.01. The molecule has 1 aliphatic heterocycles. The SMILES string of the molecule is CCCNCc1cnc(C2COc3ccccc32)nc1. The summed E-state index contributed by atoms with van der Waals surface area (Å²) in [6.07, 6.45) is 4.95. The fraction of sp³-hybridized carbons (Fsp3) is 0.375. The molecule has 104 valence electrons. The van der Waals surface area contributed by atoms with Gasteiger partial charge in [0.05, 0.1) is 5.92 Å². The van der Waals surface area contributed by atoms with Crippen LogP contribution in [0, 0.1) is 0 Å². The van der Waals surface area contributed by atoms with E-state index in [9.17, 15) is 0 Å². The van der Waals surface area contributed by atoms with E-state index < -0.39 is 0 Å². The number of nitrogens with one attached hydrogen (secondary N) is 1. The number of fused-ring (bicyclic) bond motifs is 1. The molecule has 2 heterocycles. The molecule has 2 aromatic rings. The van der Waals surface area contributed by atoms with E-state index in [0.717, 1.165) is 36.6 Å². The van der Waals surface area contributed by atoms with Gasteiger partial charge in [0.2, 0.25) is 0 Å². The fourth-order valence-electron chi connectivity index (χ4n) is 2.42. The average Bonchev–Trinajstić information content (AvgIpc) is 2.92. The highest BCUT2D eigenvalue weighted by Crippen LogP contribution is 2.36. The van der Waals surface area contributed by atoms with Crippen molar-refractivity contribution in [1.82, 2.24) is 15.3 Å². The average molecular weight is 269 g/mol. The Morgan fingerprint density at radius 3 is 2.85 bits per heavy atom. The monoisotopic (exact) mass is 269 g/mol. The maximum absolute atomic E-state index is 5.68. The van der Waals surface area contributed by atoms with Crippen molar-refractivity contribution in [3.05, 3.63) is 53.6 Å². The number of benzene rings is 1. The number of hydrogen-bond acceptors (Lipinski definition) is 4.